The van der Waals surface area contributed by atoms with E-state index < -0.39 is 0 Å². The molecular weight excluding hydrogens is 290 g/mol. The van der Waals surface area contributed by atoms with E-state index in [0.29, 0.717) is 6.04 Å². The van der Waals surface area contributed by atoms with Crippen molar-refractivity contribution in [2.45, 2.75) is 19.4 Å². The maximum absolute atomic E-state index is 6.00. The quantitative estimate of drug-likeness (QED) is 0.534. The van der Waals surface area contributed by atoms with Crippen LogP contribution in [-0.2, 0) is 0 Å². The molecule has 20 heavy (non-hydrogen) atoms. The minimum atomic E-state index is 0.372. The number of halogens is 1. The molecule has 108 valence electrons. The SMILES string of the molecule is C=C(NC(C)CCNSC)c1cc2cc(Cl)ccc2[nH]1. The van der Waals surface area contributed by atoms with Gasteiger partial charge in [0.1, 0.15) is 0 Å². The van der Waals surface area contributed by atoms with Crippen LogP contribution in [0.2, 0.25) is 5.02 Å². The van der Waals surface area contributed by atoms with Crippen molar-refractivity contribution >= 4 is 40.1 Å². The number of benzene rings is 1. The normalized spacial score (nSPS) is 12.6. The zero-order chi connectivity index (χ0) is 14.5. The summed E-state index contributed by atoms with van der Waals surface area (Å²) in [5.74, 6) is 0. The predicted octanol–water partition coefficient (Wildman–Crippen LogP) is 4.03. The Morgan fingerprint density at radius 1 is 1.45 bits per heavy atom. The van der Waals surface area contributed by atoms with Crippen LogP contribution in [0.5, 0.6) is 0 Å². The first-order chi connectivity index (χ1) is 9.60. The van der Waals surface area contributed by atoms with Gasteiger partial charge in [-0.15, -0.1) is 0 Å². The molecule has 0 aliphatic carbocycles. The molecule has 0 aliphatic rings. The first-order valence-corrected chi connectivity index (χ1v) is 8.20. The molecule has 0 spiro atoms. The Morgan fingerprint density at radius 2 is 2.25 bits per heavy atom. The molecule has 1 unspecified atom stereocenters. The van der Waals surface area contributed by atoms with E-state index in [0.717, 1.165) is 40.3 Å². The minimum absolute atomic E-state index is 0.372. The monoisotopic (exact) mass is 309 g/mol. The molecule has 0 fully saturated rings. The maximum atomic E-state index is 6.00. The third-order valence-electron chi connectivity index (χ3n) is 3.15. The van der Waals surface area contributed by atoms with Crippen LogP contribution in [0, 0.1) is 0 Å². The summed E-state index contributed by atoms with van der Waals surface area (Å²) in [4.78, 5) is 3.35. The van der Waals surface area contributed by atoms with Gasteiger partial charge in [-0.1, -0.05) is 30.1 Å². The molecule has 1 heterocycles. The molecule has 5 heteroatoms. The molecular formula is C15H20ClN3S. The van der Waals surface area contributed by atoms with Gasteiger partial charge in [0.2, 0.25) is 0 Å². The summed E-state index contributed by atoms with van der Waals surface area (Å²) in [6.45, 7) is 7.25. The van der Waals surface area contributed by atoms with Gasteiger partial charge in [0.25, 0.3) is 0 Å². The average molecular weight is 310 g/mol. The van der Waals surface area contributed by atoms with Crippen molar-refractivity contribution < 1.29 is 0 Å². The molecule has 3 N–H and O–H groups in total. The molecule has 0 aliphatic heterocycles. The first-order valence-electron chi connectivity index (χ1n) is 6.60. The zero-order valence-electron chi connectivity index (χ0n) is 11.8. The maximum Gasteiger partial charge on any atom is 0.0620 e. The summed E-state index contributed by atoms with van der Waals surface area (Å²) < 4.78 is 3.24. The van der Waals surface area contributed by atoms with Crippen molar-refractivity contribution in [3.8, 4) is 0 Å². The van der Waals surface area contributed by atoms with Gasteiger partial charge < -0.3 is 10.3 Å². The highest BCUT2D eigenvalue weighted by atomic mass is 35.5. The van der Waals surface area contributed by atoms with E-state index in [1.54, 1.807) is 11.9 Å². The number of H-pyrrole nitrogens is 1. The van der Waals surface area contributed by atoms with Crippen molar-refractivity contribution in [2.75, 3.05) is 12.8 Å². The van der Waals surface area contributed by atoms with Crippen LogP contribution in [0.15, 0.2) is 30.8 Å². The van der Waals surface area contributed by atoms with Gasteiger partial charge >= 0.3 is 0 Å². The van der Waals surface area contributed by atoms with E-state index in [-0.39, 0.29) is 0 Å². The first kappa shape index (κ1) is 15.3. The van der Waals surface area contributed by atoms with Gasteiger partial charge in [-0.2, -0.15) is 0 Å². The molecule has 1 atom stereocenters. The Balaban J connectivity index is 2.00. The van der Waals surface area contributed by atoms with Crippen LogP contribution in [-0.4, -0.2) is 23.8 Å². The zero-order valence-corrected chi connectivity index (χ0v) is 13.4. The lowest BCUT2D eigenvalue weighted by Crippen LogP contribution is -2.27. The fourth-order valence-electron chi connectivity index (χ4n) is 2.09. The Bertz CT molecular complexity index is 594. The number of hydrogen-bond donors (Lipinski definition) is 3. The second kappa shape index (κ2) is 7.07. The Hall–Kier alpha value is -1.10. The number of fused-ring (bicyclic) bond motifs is 1. The van der Waals surface area contributed by atoms with Crippen LogP contribution in [0.4, 0.5) is 0 Å². The lowest BCUT2D eigenvalue weighted by molar-refractivity contribution is 0.595. The molecule has 1 aromatic heterocycles. The van der Waals surface area contributed by atoms with E-state index >= 15 is 0 Å². The molecule has 0 bridgehead atoms. The lowest BCUT2D eigenvalue weighted by Gasteiger charge is -2.16. The molecule has 2 rings (SSSR count). The molecule has 0 saturated carbocycles. The number of rotatable bonds is 7. The van der Waals surface area contributed by atoms with Crippen LogP contribution < -0.4 is 10.0 Å². The Labute approximate surface area is 129 Å². The van der Waals surface area contributed by atoms with Crippen LogP contribution in [0.1, 0.15) is 19.0 Å². The van der Waals surface area contributed by atoms with E-state index in [1.165, 1.54) is 0 Å². The van der Waals surface area contributed by atoms with Crippen molar-refractivity contribution in [3.63, 3.8) is 0 Å². The predicted molar refractivity (Wildman–Crippen MR) is 91.1 cm³/mol. The highest BCUT2D eigenvalue weighted by molar-refractivity contribution is 7.96. The third-order valence-corrected chi connectivity index (χ3v) is 3.88. The number of aromatic nitrogens is 1. The lowest BCUT2D eigenvalue weighted by atomic mass is 10.2. The van der Waals surface area contributed by atoms with Gasteiger partial charge in [-0.25, -0.2) is 0 Å². The fourth-order valence-corrected chi connectivity index (χ4v) is 2.59. The van der Waals surface area contributed by atoms with E-state index in [9.17, 15) is 0 Å². The summed E-state index contributed by atoms with van der Waals surface area (Å²) in [6.07, 6.45) is 3.08. The van der Waals surface area contributed by atoms with Crippen LogP contribution >= 0.6 is 23.5 Å². The molecule has 3 nitrogen and oxygen atoms in total. The van der Waals surface area contributed by atoms with Crippen molar-refractivity contribution in [1.82, 2.24) is 15.0 Å². The smallest absolute Gasteiger partial charge is 0.0620 e. The van der Waals surface area contributed by atoms with E-state index in [1.807, 2.05) is 24.5 Å². The van der Waals surface area contributed by atoms with Gasteiger partial charge in [0, 0.05) is 28.5 Å². The molecule has 2 aromatic rings. The van der Waals surface area contributed by atoms with Crippen molar-refractivity contribution in [1.29, 1.82) is 0 Å². The van der Waals surface area contributed by atoms with Crippen LogP contribution in [0.3, 0.4) is 0 Å². The Morgan fingerprint density at radius 3 is 3.00 bits per heavy atom. The van der Waals surface area contributed by atoms with Crippen molar-refractivity contribution in [3.05, 3.63) is 41.6 Å². The van der Waals surface area contributed by atoms with Crippen molar-refractivity contribution in [2.24, 2.45) is 0 Å². The molecule has 0 amide bonds. The standard InChI is InChI=1S/C15H20ClN3S/c1-10(6-7-17-20-3)18-11(2)15-9-12-8-13(16)4-5-14(12)19-15/h4-5,8-10,17-19H,2,6-7H2,1,3H3. The number of aromatic amines is 1. The van der Waals surface area contributed by atoms with E-state index in [4.69, 9.17) is 11.6 Å². The molecule has 1 aromatic carbocycles. The van der Waals surface area contributed by atoms with Gasteiger partial charge in [0.05, 0.1) is 11.4 Å². The van der Waals surface area contributed by atoms with E-state index in [2.05, 4.69) is 34.6 Å². The van der Waals surface area contributed by atoms with Crippen LogP contribution in [0.25, 0.3) is 16.6 Å². The summed E-state index contributed by atoms with van der Waals surface area (Å²) in [6, 6.07) is 8.27. The summed E-state index contributed by atoms with van der Waals surface area (Å²) >= 11 is 7.65. The third kappa shape index (κ3) is 3.95. The average Bonchev–Trinajstić information content (AvgIpc) is 2.82. The highest BCUT2D eigenvalue weighted by Gasteiger charge is 2.07. The molecule has 0 saturated heterocycles. The largest absolute Gasteiger partial charge is 0.381 e. The second-order valence-corrected chi connectivity index (χ2v) is 5.96. The van der Waals surface area contributed by atoms with Gasteiger partial charge in [-0.05, 0) is 43.9 Å². The fraction of sp³-hybridized carbons (Fsp3) is 0.333. The topological polar surface area (TPSA) is 39.8 Å². The number of hydrogen-bond acceptors (Lipinski definition) is 3. The highest BCUT2D eigenvalue weighted by Crippen LogP contribution is 2.22. The van der Waals surface area contributed by atoms with Gasteiger partial charge in [-0.3, -0.25) is 4.72 Å². The second-order valence-electron chi connectivity index (χ2n) is 4.83. The minimum Gasteiger partial charge on any atom is -0.381 e. The molecule has 0 radical (unpaired) electrons. The van der Waals surface area contributed by atoms with Gasteiger partial charge in [0.15, 0.2) is 0 Å². The summed E-state index contributed by atoms with van der Waals surface area (Å²) in [5, 5.41) is 5.27. The number of nitrogens with one attached hydrogen (secondary N) is 3. The Kier molecular flexibility index (Phi) is 5.40. The summed E-state index contributed by atoms with van der Waals surface area (Å²) in [5.41, 5.74) is 2.99. The summed E-state index contributed by atoms with van der Waals surface area (Å²) in [7, 11) is 0.